The Morgan fingerprint density at radius 3 is 1.61 bits per heavy atom. The van der Waals surface area contributed by atoms with E-state index in [9.17, 15) is 0 Å². The van der Waals surface area contributed by atoms with E-state index in [1.165, 1.54) is 0 Å². The van der Waals surface area contributed by atoms with E-state index in [0.717, 1.165) is 35.9 Å². The van der Waals surface area contributed by atoms with Crippen molar-refractivity contribution >= 4 is 22.7 Å². The van der Waals surface area contributed by atoms with Crippen LogP contribution in [0.4, 0.5) is 0 Å². The van der Waals surface area contributed by atoms with Crippen LogP contribution in [0.2, 0.25) is 0 Å². The van der Waals surface area contributed by atoms with Crippen LogP contribution in [0.5, 0.6) is 0 Å². The first-order valence-corrected chi connectivity index (χ1v) is 10.8. The van der Waals surface area contributed by atoms with Crippen molar-refractivity contribution in [1.29, 1.82) is 0 Å². The molecular formula is C18H18N6O2S2. The number of piperazine rings is 1. The molecule has 1 saturated heterocycles. The van der Waals surface area contributed by atoms with Crippen molar-refractivity contribution in [1.82, 2.24) is 30.1 Å². The van der Waals surface area contributed by atoms with E-state index in [-0.39, 0.29) is 0 Å². The fourth-order valence-electron chi connectivity index (χ4n) is 3.14. The molecule has 0 spiro atoms. The molecule has 0 aliphatic carbocycles. The lowest BCUT2D eigenvalue weighted by atomic mass is 10.3. The highest BCUT2D eigenvalue weighted by molar-refractivity contribution is 7.13. The van der Waals surface area contributed by atoms with Gasteiger partial charge in [-0.2, -0.15) is 9.97 Å². The van der Waals surface area contributed by atoms with E-state index in [0.29, 0.717) is 36.5 Å². The second-order valence-electron chi connectivity index (χ2n) is 6.53. The number of nitrogens with zero attached hydrogens (tertiary/aromatic N) is 6. The Balaban J connectivity index is 1.13. The van der Waals surface area contributed by atoms with Crippen molar-refractivity contribution in [2.24, 2.45) is 0 Å². The van der Waals surface area contributed by atoms with Crippen molar-refractivity contribution in [3.05, 3.63) is 46.8 Å². The lowest BCUT2D eigenvalue weighted by Crippen LogP contribution is -2.45. The Labute approximate surface area is 169 Å². The first kappa shape index (κ1) is 17.7. The lowest BCUT2D eigenvalue weighted by Gasteiger charge is -2.32. The monoisotopic (exact) mass is 414 g/mol. The third kappa shape index (κ3) is 3.90. The Bertz CT molecular complexity index is 920. The summed E-state index contributed by atoms with van der Waals surface area (Å²) < 4.78 is 10.8. The highest BCUT2D eigenvalue weighted by Gasteiger charge is 2.21. The SMILES string of the molecule is c1csc(-c2noc(CN3CCN(Cc4nc(-c5cccs5)no4)CC3)n2)c1. The molecule has 5 heterocycles. The van der Waals surface area contributed by atoms with E-state index in [4.69, 9.17) is 9.05 Å². The first-order valence-electron chi connectivity index (χ1n) is 9.01. The average molecular weight is 415 g/mol. The minimum Gasteiger partial charge on any atom is -0.338 e. The standard InChI is InChI=1S/C18H18N6O2S2/c1-3-13(27-9-1)17-19-15(25-21-17)11-23-5-7-24(8-6-23)12-16-20-18(22-26-16)14-4-2-10-28-14/h1-4,9-10H,5-8,11-12H2. The van der Waals surface area contributed by atoms with Gasteiger partial charge >= 0.3 is 0 Å². The molecule has 4 aromatic heterocycles. The van der Waals surface area contributed by atoms with Gasteiger partial charge in [0.15, 0.2) is 0 Å². The van der Waals surface area contributed by atoms with Gasteiger partial charge in [0.1, 0.15) is 0 Å². The maximum absolute atomic E-state index is 5.41. The summed E-state index contributed by atoms with van der Waals surface area (Å²) in [4.78, 5) is 15.7. The third-order valence-electron chi connectivity index (χ3n) is 4.60. The zero-order valence-electron chi connectivity index (χ0n) is 15.0. The highest BCUT2D eigenvalue weighted by Crippen LogP contribution is 2.23. The Hall–Kier alpha value is -2.40. The first-order chi connectivity index (χ1) is 13.8. The second kappa shape index (κ2) is 7.92. The zero-order chi connectivity index (χ0) is 18.8. The molecule has 10 heteroatoms. The topological polar surface area (TPSA) is 84.3 Å². The van der Waals surface area contributed by atoms with E-state index in [2.05, 4.69) is 30.1 Å². The molecule has 144 valence electrons. The van der Waals surface area contributed by atoms with Crippen LogP contribution in [-0.2, 0) is 13.1 Å². The molecule has 5 rings (SSSR count). The molecular weight excluding hydrogens is 396 g/mol. The van der Waals surface area contributed by atoms with Crippen LogP contribution < -0.4 is 0 Å². The molecule has 0 amide bonds. The van der Waals surface area contributed by atoms with Crippen molar-refractivity contribution < 1.29 is 9.05 Å². The molecule has 4 aromatic rings. The molecule has 1 aliphatic heterocycles. The minimum atomic E-state index is 0.661. The molecule has 0 atom stereocenters. The summed E-state index contributed by atoms with van der Waals surface area (Å²) in [6, 6.07) is 7.98. The van der Waals surface area contributed by atoms with Gasteiger partial charge < -0.3 is 9.05 Å². The summed E-state index contributed by atoms with van der Waals surface area (Å²) in [5.41, 5.74) is 0. The smallest absolute Gasteiger partial charge is 0.241 e. The fraction of sp³-hybridized carbons (Fsp3) is 0.333. The summed E-state index contributed by atoms with van der Waals surface area (Å²) >= 11 is 3.23. The van der Waals surface area contributed by atoms with E-state index in [1.807, 2.05) is 35.0 Å². The summed E-state index contributed by atoms with van der Waals surface area (Å²) in [7, 11) is 0. The molecule has 28 heavy (non-hydrogen) atoms. The second-order valence-corrected chi connectivity index (χ2v) is 8.43. The van der Waals surface area contributed by atoms with E-state index < -0.39 is 0 Å². The van der Waals surface area contributed by atoms with Crippen molar-refractivity contribution in [2.45, 2.75) is 13.1 Å². The molecule has 0 radical (unpaired) electrons. The van der Waals surface area contributed by atoms with Crippen molar-refractivity contribution in [2.75, 3.05) is 26.2 Å². The number of hydrogen-bond donors (Lipinski definition) is 0. The Morgan fingerprint density at radius 1 is 0.750 bits per heavy atom. The van der Waals surface area contributed by atoms with Gasteiger partial charge in [-0.05, 0) is 22.9 Å². The zero-order valence-corrected chi connectivity index (χ0v) is 16.7. The van der Waals surface area contributed by atoms with Crippen molar-refractivity contribution in [3.63, 3.8) is 0 Å². The highest BCUT2D eigenvalue weighted by atomic mass is 32.1. The molecule has 1 aliphatic rings. The van der Waals surface area contributed by atoms with Crippen LogP contribution in [0, 0.1) is 0 Å². The normalized spacial score (nSPS) is 16.0. The predicted octanol–water partition coefficient (Wildman–Crippen LogP) is 3.23. The fourth-order valence-corrected chi connectivity index (χ4v) is 4.44. The minimum absolute atomic E-state index is 0.661. The number of aromatic nitrogens is 4. The molecule has 0 unspecified atom stereocenters. The molecule has 0 aromatic carbocycles. The Morgan fingerprint density at radius 2 is 1.21 bits per heavy atom. The van der Waals surface area contributed by atoms with Gasteiger partial charge in [-0.3, -0.25) is 9.80 Å². The van der Waals surface area contributed by atoms with E-state index in [1.54, 1.807) is 22.7 Å². The summed E-state index contributed by atoms with van der Waals surface area (Å²) in [6.07, 6.45) is 0. The van der Waals surface area contributed by atoms with Crippen LogP contribution in [0.25, 0.3) is 21.4 Å². The molecule has 0 bridgehead atoms. The van der Waals surface area contributed by atoms with Crippen molar-refractivity contribution in [3.8, 4) is 21.4 Å². The van der Waals surface area contributed by atoms with Gasteiger partial charge in [0.25, 0.3) is 0 Å². The molecule has 0 saturated carbocycles. The van der Waals surface area contributed by atoms with E-state index >= 15 is 0 Å². The summed E-state index contributed by atoms with van der Waals surface area (Å²) in [5, 5.41) is 12.2. The predicted molar refractivity (Wildman–Crippen MR) is 106 cm³/mol. The van der Waals surface area contributed by atoms with Crippen LogP contribution >= 0.6 is 22.7 Å². The van der Waals surface area contributed by atoms with Gasteiger partial charge in [0.05, 0.1) is 22.8 Å². The largest absolute Gasteiger partial charge is 0.338 e. The maximum Gasteiger partial charge on any atom is 0.241 e. The van der Waals surface area contributed by atoms with Gasteiger partial charge in [-0.15, -0.1) is 22.7 Å². The molecule has 1 fully saturated rings. The summed E-state index contributed by atoms with van der Waals surface area (Å²) in [5.74, 6) is 2.66. The van der Waals surface area contributed by atoms with Gasteiger partial charge in [0, 0.05) is 26.2 Å². The summed E-state index contributed by atoms with van der Waals surface area (Å²) in [6.45, 7) is 5.08. The number of hydrogen-bond acceptors (Lipinski definition) is 10. The van der Waals surface area contributed by atoms with Crippen LogP contribution in [0.1, 0.15) is 11.8 Å². The van der Waals surface area contributed by atoms with Gasteiger partial charge in [0.2, 0.25) is 23.4 Å². The number of rotatable bonds is 6. The van der Waals surface area contributed by atoms with Gasteiger partial charge in [-0.25, -0.2) is 0 Å². The molecule has 8 nitrogen and oxygen atoms in total. The van der Waals surface area contributed by atoms with Gasteiger partial charge in [-0.1, -0.05) is 22.4 Å². The maximum atomic E-state index is 5.41. The third-order valence-corrected chi connectivity index (χ3v) is 6.33. The van der Waals surface area contributed by atoms with Crippen LogP contribution in [-0.4, -0.2) is 56.3 Å². The number of thiophene rings is 2. The Kier molecular flexibility index (Phi) is 5.00. The lowest BCUT2D eigenvalue weighted by molar-refractivity contribution is 0.103. The van der Waals surface area contributed by atoms with Crippen LogP contribution in [0.15, 0.2) is 44.1 Å². The molecule has 0 N–H and O–H groups in total. The quantitative estimate of drug-likeness (QED) is 0.475. The average Bonchev–Trinajstić information content (AvgIpc) is 3.50. The van der Waals surface area contributed by atoms with Crippen LogP contribution in [0.3, 0.4) is 0 Å².